The standard InChI is InChI=1S/C36H35F3N8O2S/c1-3-32(48)45-31-12-22(6-9-41-31)24-15-35(49,16-24)47-26(18-40)13-28-21(2)23(4-5-30(28)47)19-46-10-7-25(8-11-46)44-33-29-14-27(17-36(37,38)39)50-34(29)43-20-42-33/h3-6,9,12-14,20,24-25,49H,1,7-8,10-11,15-17,19H2,2H3,(H,41,45,48)(H,42,43,44). The molecule has 10 nitrogen and oxygen atoms in total. The second-order valence-electron chi connectivity index (χ2n) is 13.2. The molecule has 0 unspecified atom stereocenters. The quantitative estimate of drug-likeness (QED) is 0.144. The number of amides is 1. The summed E-state index contributed by atoms with van der Waals surface area (Å²) in [5, 5.41) is 29.5. The predicted molar refractivity (Wildman–Crippen MR) is 186 cm³/mol. The number of aryl methyl sites for hydroxylation is 1. The third kappa shape index (κ3) is 6.68. The Morgan fingerprint density at radius 2 is 1.94 bits per heavy atom. The van der Waals surface area contributed by atoms with Gasteiger partial charge >= 0.3 is 6.18 Å². The van der Waals surface area contributed by atoms with Crippen LogP contribution in [-0.4, -0.2) is 60.7 Å². The van der Waals surface area contributed by atoms with Crippen LogP contribution in [0, 0.1) is 18.3 Å². The second-order valence-corrected chi connectivity index (χ2v) is 14.3. The minimum atomic E-state index is -4.28. The molecule has 2 aliphatic rings. The molecule has 1 saturated heterocycles. The Morgan fingerprint density at radius 3 is 2.66 bits per heavy atom. The van der Waals surface area contributed by atoms with Gasteiger partial charge in [0.05, 0.1) is 17.3 Å². The normalized spacial score (nSPS) is 20.0. The SMILES string of the molecule is C=CC(=O)Nc1cc(C2CC(O)(n3c(C#N)cc4c(C)c(CN5CCC(Nc6ncnc7sc(CC(F)(F)F)cc67)CC5)ccc43)C2)ccn1. The van der Waals surface area contributed by atoms with Crippen molar-refractivity contribution in [2.45, 2.75) is 69.4 Å². The molecule has 0 bridgehead atoms. The predicted octanol–water partition coefficient (Wildman–Crippen LogP) is 6.75. The lowest BCUT2D eigenvalue weighted by atomic mass is 9.72. The van der Waals surface area contributed by atoms with E-state index in [4.69, 9.17) is 0 Å². The third-order valence-electron chi connectivity index (χ3n) is 9.81. The smallest absolute Gasteiger partial charge is 0.370 e. The lowest BCUT2D eigenvalue weighted by Gasteiger charge is -2.45. The summed E-state index contributed by atoms with van der Waals surface area (Å²) in [4.78, 5) is 27.6. The zero-order valence-electron chi connectivity index (χ0n) is 27.3. The van der Waals surface area contributed by atoms with Crippen LogP contribution in [0.25, 0.3) is 21.1 Å². The van der Waals surface area contributed by atoms with E-state index in [9.17, 15) is 28.3 Å². The van der Waals surface area contributed by atoms with Crippen LogP contribution in [0.15, 0.2) is 61.6 Å². The van der Waals surface area contributed by atoms with Crippen LogP contribution in [-0.2, 0) is 23.5 Å². The number of aliphatic hydroxyl groups is 1. The third-order valence-corrected chi connectivity index (χ3v) is 10.9. The maximum atomic E-state index is 13.0. The Morgan fingerprint density at radius 1 is 1.16 bits per heavy atom. The molecule has 3 N–H and O–H groups in total. The van der Waals surface area contributed by atoms with Gasteiger partial charge in [-0.25, -0.2) is 15.0 Å². The fourth-order valence-corrected chi connectivity index (χ4v) is 8.26. The number of nitrogens with one attached hydrogen (secondary N) is 2. The number of hydrogen-bond donors (Lipinski definition) is 3. The molecule has 7 rings (SSSR count). The van der Waals surface area contributed by atoms with Gasteiger partial charge in [-0.1, -0.05) is 12.6 Å². The van der Waals surface area contributed by atoms with E-state index in [2.05, 4.69) is 56.1 Å². The number of halogens is 3. The minimum Gasteiger partial charge on any atom is -0.370 e. The van der Waals surface area contributed by atoms with Crippen molar-refractivity contribution in [3.63, 3.8) is 0 Å². The van der Waals surface area contributed by atoms with Gasteiger partial charge in [-0.2, -0.15) is 18.4 Å². The van der Waals surface area contributed by atoms with Crippen molar-refractivity contribution in [1.82, 2.24) is 24.4 Å². The first-order valence-electron chi connectivity index (χ1n) is 16.4. The van der Waals surface area contributed by atoms with Crippen molar-refractivity contribution >= 4 is 50.0 Å². The van der Waals surface area contributed by atoms with E-state index in [0.29, 0.717) is 40.4 Å². The molecule has 0 spiro atoms. The number of likely N-dealkylation sites (tertiary alicyclic amines) is 1. The molecule has 14 heteroatoms. The number of aromatic nitrogens is 4. The van der Waals surface area contributed by atoms with Crippen LogP contribution >= 0.6 is 11.3 Å². The number of nitrogens with zero attached hydrogens (tertiary/aromatic N) is 6. The lowest BCUT2D eigenvalue weighted by Crippen LogP contribution is -2.45. The fraction of sp³-hybridized carbons (Fsp3) is 0.361. The molecule has 1 saturated carbocycles. The van der Waals surface area contributed by atoms with Crippen molar-refractivity contribution in [2.24, 2.45) is 0 Å². The van der Waals surface area contributed by atoms with Crippen LogP contribution in [0.4, 0.5) is 24.8 Å². The van der Waals surface area contributed by atoms with Crippen LogP contribution in [0.5, 0.6) is 0 Å². The molecule has 50 heavy (non-hydrogen) atoms. The molecular weight excluding hydrogens is 666 g/mol. The van der Waals surface area contributed by atoms with Crippen molar-refractivity contribution in [3.05, 3.63) is 88.8 Å². The molecule has 1 aliphatic carbocycles. The average molecular weight is 701 g/mol. The highest BCUT2D eigenvalue weighted by Gasteiger charge is 2.46. The van der Waals surface area contributed by atoms with E-state index in [1.165, 1.54) is 12.4 Å². The number of piperidine rings is 1. The van der Waals surface area contributed by atoms with Crippen LogP contribution in [0.2, 0.25) is 0 Å². The molecule has 1 aromatic carbocycles. The van der Waals surface area contributed by atoms with Crippen LogP contribution < -0.4 is 10.6 Å². The summed E-state index contributed by atoms with van der Waals surface area (Å²) in [6.07, 6.45) is 1.45. The average Bonchev–Trinajstić information content (AvgIpc) is 3.66. The number of pyridine rings is 1. The van der Waals surface area contributed by atoms with E-state index in [-0.39, 0.29) is 22.7 Å². The van der Waals surface area contributed by atoms with Gasteiger partial charge in [0, 0.05) is 55.0 Å². The number of hydrogen-bond acceptors (Lipinski definition) is 9. The number of rotatable bonds is 9. The zero-order chi connectivity index (χ0) is 35.2. The first-order chi connectivity index (χ1) is 23.9. The highest BCUT2D eigenvalue weighted by atomic mass is 32.1. The number of nitriles is 1. The van der Waals surface area contributed by atoms with Gasteiger partial charge in [-0.05, 0) is 78.8 Å². The number of benzene rings is 1. The first kappa shape index (κ1) is 33.6. The highest BCUT2D eigenvalue weighted by molar-refractivity contribution is 7.18. The largest absolute Gasteiger partial charge is 0.393 e. The number of thiophene rings is 1. The summed E-state index contributed by atoms with van der Waals surface area (Å²) in [5.74, 6) is 0.668. The lowest BCUT2D eigenvalue weighted by molar-refractivity contribution is -0.126. The van der Waals surface area contributed by atoms with Gasteiger partial charge in [-0.3, -0.25) is 9.69 Å². The van der Waals surface area contributed by atoms with E-state index >= 15 is 0 Å². The Bertz CT molecular complexity index is 2140. The number of anilines is 2. The molecule has 5 heterocycles. The van der Waals surface area contributed by atoms with Crippen LogP contribution in [0.1, 0.15) is 58.9 Å². The molecule has 0 radical (unpaired) electrons. The summed E-state index contributed by atoms with van der Waals surface area (Å²) in [6.45, 7) is 7.90. The van der Waals surface area contributed by atoms with Crippen LogP contribution in [0.3, 0.4) is 0 Å². The minimum absolute atomic E-state index is 0.0293. The summed E-state index contributed by atoms with van der Waals surface area (Å²) in [5.41, 5.74) is 3.13. The molecule has 258 valence electrons. The molecule has 5 aromatic rings. The van der Waals surface area contributed by atoms with Gasteiger partial charge in [-0.15, -0.1) is 11.3 Å². The number of carbonyl (C=O) groups is 1. The second kappa shape index (κ2) is 13.1. The monoisotopic (exact) mass is 700 g/mol. The molecule has 0 atom stereocenters. The van der Waals surface area contributed by atoms with E-state index in [1.807, 2.05) is 18.2 Å². The van der Waals surface area contributed by atoms with E-state index in [1.54, 1.807) is 22.9 Å². The maximum Gasteiger partial charge on any atom is 0.393 e. The highest BCUT2D eigenvalue weighted by Crippen LogP contribution is 2.50. The fourth-order valence-electron chi connectivity index (χ4n) is 7.24. The van der Waals surface area contributed by atoms with Gasteiger partial charge < -0.3 is 20.3 Å². The number of carbonyl (C=O) groups excluding carboxylic acids is 1. The van der Waals surface area contributed by atoms with Gasteiger partial charge in [0.1, 0.15) is 40.3 Å². The summed E-state index contributed by atoms with van der Waals surface area (Å²) < 4.78 is 40.7. The zero-order valence-corrected chi connectivity index (χ0v) is 28.1. The number of alkyl halides is 3. The van der Waals surface area contributed by atoms with Gasteiger partial charge in [0.15, 0.2) is 0 Å². The number of fused-ring (bicyclic) bond motifs is 2. The van der Waals surface area contributed by atoms with Crippen molar-refractivity contribution in [3.8, 4) is 6.07 Å². The maximum absolute atomic E-state index is 13.0. The van der Waals surface area contributed by atoms with E-state index in [0.717, 1.165) is 71.4 Å². The van der Waals surface area contributed by atoms with Crippen molar-refractivity contribution in [2.75, 3.05) is 23.7 Å². The molecule has 1 amide bonds. The molecular formula is C36H35F3N8O2S. The summed E-state index contributed by atoms with van der Waals surface area (Å²) in [7, 11) is 0. The Hall–Kier alpha value is -4.84. The topological polar surface area (TPSA) is 132 Å². The molecule has 2 fully saturated rings. The Kier molecular flexibility index (Phi) is 8.83. The van der Waals surface area contributed by atoms with Gasteiger partial charge in [0.2, 0.25) is 5.91 Å². The van der Waals surface area contributed by atoms with Gasteiger partial charge in [0.25, 0.3) is 0 Å². The summed E-state index contributed by atoms with van der Waals surface area (Å²) in [6, 6.07) is 13.6. The molecule has 1 aliphatic heterocycles. The van der Waals surface area contributed by atoms with Crippen molar-refractivity contribution < 1.29 is 23.1 Å². The summed E-state index contributed by atoms with van der Waals surface area (Å²) >= 11 is 1.05. The molecule has 4 aromatic heterocycles. The Balaban J connectivity index is 1.01. The Labute approximate surface area is 290 Å². The van der Waals surface area contributed by atoms with E-state index < -0.39 is 18.3 Å². The first-order valence-corrected chi connectivity index (χ1v) is 17.2. The van der Waals surface area contributed by atoms with Crippen molar-refractivity contribution in [1.29, 1.82) is 5.26 Å².